The first-order chi connectivity index (χ1) is 7.22. The monoisotopic (exact) mass is 207 g/mol. The van der Waals surface area contributed by atoms with Crippen LogP contribution in [0, 0.1) is 0 Å². The van der Waals surface area contributed by atoms with Gasteiger partial charge in [-0.2, -0.15) is 0 Å². The number of nitrogens with two attached hydrogens (primary N) is 1. The van der Waals surface area contributed by atoms with E-state index < -0.39 is 5.97 Å². The molecule has 1 fully saturated rings. The van der Waals surface area contributed by atoms with E-state index in [1.807, 2.05) is 0 Å². The maximum atomic E-state index is 11.0. The van der Waals surface area contributed by atoms with E-state index in [0.717, 1.165) is 18.4 Å². The number of ether oxygens (including phenoxy) is 1. The predicted molar refractivity (Wildman–Crippen MR) is 54.9 cm³/mol. The summed E-state index contributed by atoms with van der Waals surface area (Å²) in [6.45, 7) is 0.295. The number of para-hydroxylation sites is 1. The van der Waals surface area contributed by atoms with Gasteiger partial charge in [-0.25, -0.2) is 4.79 Å². The van der Waals surface area contributed by atoms with Gasteiger partial charge in [-0.05, 0) is 18.9 Å². The van der Waals surface area contributed by atoms with Crippen molar-refractivity contribution in [3.8, 4) is 5.75 Å². The molecule has 15 heavy (non-hydrogen) atoms. The van der Waals surface area contributed by atoms with Crippen LogP contribution in [0.3, 0.4) is 0 Å². The molecule has 2 rings (SSSR count). The molecule has 0 aliphatic heterocycles. The van der Waals surface area contributed by atoms with Gasteiger partial charge in [0.25, 0.3) is 0 Å². The molecule has 0 aromatic heterocycles. The van der Waals surface area contributed by atoms with Crippen LogP contribution in [0.25, 0.3) is 0 Å². The van der Waals surface area contributed by atoms with Gasteiger partial charge in [-0.1, -0.05) is 12.1 Å². The summed E-state index contributed by atoms with van der Waals surface area (Å²) < 4.78 is 5.58. The summed E-state index contributed by atoms with van der Waals surface area (Å²) in [6.07, 6.45) is 2.17. The first-order valence-electron chi connectivity index (χ1n) is 4.94. The van der Waals surface area contributed by atoms with Gasteiger partial charge < -0.3 is 15.6 Å². The first kappa shape index (κ1) is 9.98. The van der Waals surface area contributed by atoms with Gasteiger partial charge in [0.2, 0.25) is 0 Å². The quantitative estimate of drug-likeness (QED) is 0.782. The molecule has 0 saturated heterocycles. The second kappa shape index (κ2) is 3.90. The summed E-state index contributed by atoms with van der Waals surface area (Å²) in [6, 6.07) is 5.02. The molecule has 80 valence electrons. The second-order valence-corrected chi connectivity index (χ2v) is 3.62. The third kappa shape index (κ3) is 2.10. The van der Waals surface area contributed by atoms with Crippen molar-refractivity contribution in [1.82, 2.24) is 0 Å². The van der Waals surface area contributed by atoms with Crippen molar-refractivity contribution < 1.29 is 14.6 Å². The Kier molecular flexibility index (Phi) is 2.60. The summed E-state index contributed by atoms with van der Waals surface area (Å²) in [7, 11) is 0. The molecule has 3 N–H and O–H groups in total. The maximum absolute atomic E-state index is 11.0. The van der Waals surface area contributed by atoms with Gasteiger partial charge in [-0.3, -0.25) is 0 Å². The van der Waals surface area contributed by atoms with Crippen LogP contribution in [0.1, 0.15) is 28.8 Å². The van der Waals surface area contributed by atoms with Crippen LogP contribution in [0.4, 0.5) is 0 Å². The van der Waals surface area contributed by atoms with Crippen molar-refractivity contribution >= 4 is 5.97 Å². The Bertz CT molecular complexity index is 385. The summed E-state index contributed by atoms with van der Waals surface area (Å²) in [5.41, 5.74) is 6.49. The zero-order valence-corrected chi connectivity index (χ0v) is 8.27. The Balaban J connectivity index is 2.38. The number of carboxylic acid groups (broad SMARTS) is 1. The minimum Gasteiger partial charge on any atom is -0.489 e. The smallest absolute Gasteiger partial charge is 0.339 e. The first-order valence-corrected chi connectivity index (χ1v) is 4.94. The topological polar surface area (TPSA) is 72.6 Å². The molecule has 4 heteroatoms. The normalized spacial score (nSPS) is 15.0. The summed E-state index contributed by atoms with van der Waals surface area (Å²) in [5.74, 6) is -0.532. The van der Waals surface area contributed by atoms with Gasteiger partial charge in [0.05, 0.1) is 6.10 Å². The van der Waals surface area contributed by atoms with E-state index in [1.54, 1.807) is 18.2 Å². The van der Waals surface area contributed by atoms with Gasteiger partial charge in [-0.15, -0.1) is 0 Å². The molecule has 1 aromatic carbocycles. The SMILES string of the molecule is NCc1cccc(C(=O)O)c1OC1CC1. The van der Waals surface area contributed by atoms with Crippen LogP contribution in [0.15, 0.2) is 18.2 Å². The molecule has 0 unspecified atom stereocenters. The average Bonchev–Trinajstić information content (AvgIpc) is 3.01. The number of aromatic carboxylic acids is 1. The molecule has 1 aliphatic rings. The van der Waals surface area contributed by atoms with Crippen LogP contribution in [-0.4, -0.2) is 17.2 Å². The van der Waals surface area contributed by atoms with E-state index in [-0.39, 0.29) is 11.7 Å². The lowest BCUT2D eigenvalue weighted by Crippen LogP contribution is -2.09. The molecule has 1 aromatic rings. The van der Waals surface area contributed by atoms with Gasteiger partial charge in [0, 0.05) is 12.1 Å². The van der Waals surface area contributed by atoms with E-state index >= 15 is 0 Å². The number of hydrogen-bond donors (Lipinski definition) is 2. The third-order valence-electron chi connectivity index (χ3n) is 2.36. The Morgan fingerprint density at radius 1 is 1.53 bits per heavy atom. The van der Waals surface area contributed by atoms with Crippen LogP contribution in [0.2, 0.25) is 0 Å². The van der Waals surface area contributed by atoms with E-state index in [4.69, 9.17) is 15.6 Å². The summed E-state index contributed by atoms with van der Waals surface area (Å²) >= 11 is 0. The second-order valence-electron chi connectivity index (χ2n) is 3.62. The predicted octanol–water partition coefficient (Wildman–Crippen LogP) is 1.38. The van der Waals surface area contributed by atoms with Gasteiger partial charge in [0.15, 0.2) is 0 Å². The van der Waals surface area contributed by atoms with Crippen molar-refractivity contribution in [2.45, 2.75) is 25.5 Å². The lowest BCUT2D eigenvalue weighted by atomic mass is 10.1. The Labute approximate surface area is 87.7 Å². The lowest BCUT2D eigenvalue weighted by molar-refractivity contribution is 0.0691. The third-order valence-corrected chi connectivity index (χ3v) is 2.36. The highest BCUT2D eigenvalue weighted by molar-refractivity contribution is 5.91. The van der Waals surface area contributed by atoms with Crippen molar-refractivity contribution in [3.63, 3.8) is 0 Å². The van der Waals surface area contributed by atoms with E-state index in [9.17, 15) is 4.79 Å². The molecule has 1 saturated carbocycles. The van der Waals surface area contributed by atoms with E-state index in [1.165, 1.54) is 0 Å². The summed E-state index contributed by atoms with van der Waals surface area (Å²) in [4.78, 5) is 11.0. The molecule has 4 nitrogen and oxygen atoms in total. The molecule has 0 radical (unpaired) electrons. The number of carbonyl (C=O) groups is 1. The number of rotatable bonds is 4. The Morgan fingerprint density at radius 3 is 2.80 bits per heavy atom. The molecule has 0 amide bonds. The van der Waals surface area contributed by atoms with Crippen molar-refractivity contribution in [2.24, 2.45) is 5.73 Å². The Morgan fingerprint density at radius 2 is 2.27 bits per heavy atom. The van der Waals surface area contributed by atoms with E-state index in [2.05, 4.69) is 0 Å². The molecule has 0 atom stereocenters. The van der Waals surface area contributed by atoms with Gasteiger partial charge in [0.1, 0.15) is 11.3 Å². The molecule has 1 aliphatic carbocycles. The van der Waals surface area contributed by atoms with Crippen LogP contribution < -0.4 is 10.5 Å². The fourth-order valence-electron chi connectivity index (χ4n) is 1.41. The molecular formula is C11H13NO3. The number of carboxylic acids is 1. The molecule has 0 spiro atoms. The van der Waals surface area contributed by atoms with Crippen molar-refractivity contribution in [1.29, 1.82) is 0 Å². The van der Waals surface area contributed by atoms with Crippen molar-refractivity contribution in [3.05, 3.63) is 29.3 Å². The molecular weight excluding hydrogens is 194 g/mol. The highest BCUT2D eigenvalue weighted by atomic mass is 16.5. The van der Waals surface area contributed by atoms with E-state index in [0.29, 0.717) is 12.3 Å². The van der Waals surface area contributed by atoms with Crippen LogP contribution in [-0.2, 0) is 6.54 Å². The molecule has 0 heterocycles. The lowest BCUT2D eigenvalue weighted by Gasteiger charge is -2.12. The standard InChI is InChI=1S/C11H13NO3/c12-6-7-2-1-3-9(11(13)14)10(7)15-8-4-5-8/h1-3,8H,4-6,12H2,(H,13,14). The summed E-state index contributed by atoms with van der Waals surface area (Å²) in [5, 5.41) is 9.00. The minimum atomic E-state index is -0.971. The van der Waals surface area contributed by atoms with Crippen LogP contribution in [0.5, 0.6) is 5.75 Å². The van der Waals surface area contributed by atoms with Crippen LogP contribution >= 0.6 is 0 Å². The fourth-order valence-corrected chi connectivity index (χ4v) is 1.41. The number of benzene rings is 1. The number of hydrogen-bond acceptors (Lipinski definition) is 3. The highest BCUT2D eigenvalue weighted by Gasteiger charge is 2.26. The molecule has 0 bridgehead atoms. The Hall–Kier alpha value is -1.55. The van der Waals surface area contributed by atoms with Gasteiger partial charge >= 0.3 is 5.97 Å². The minimum absolute atomic E-state index is 0.177. The highest BCUT2D eigenvalue weighted by Crippen LogP contribution is 2.31. The average molecular weight is 207 g/mol. The maximum Gasteiger partial charge on any atom is 0.339 e. The fraction of sp³-hybridized carbons (Fsp3) is 0.364. The zero-order valence-electron chi connectivity index (χ0n) is 8.27. The van der Waals surface area contributed by atoms with Crippen molar-refractivity contribution in [2.75, 3.05) is 0 Å². The largest absolute Gasteiger partial charge is 0.489 e. The zero-order chi connectivity index (χ0) is 10.8.